The van der Waals surface area contributed by atoms with Crippen LogP contribution in [-0.2, 0) is 0 Å². The highest BCUT2D eigenvalue weighted by Gasteiger charge is 2.23. The van der Waals surface area contributed by atoms with E-state index in [-0.39, 0.29) is 16.9 Å². The van der Waals surface area contributed by atoms with Gasteiger partial charge >= 0.3 is 0 Å². The van der Waals surface area contributed by atoms with Crippen molar-refractivity contribution in [1.82, 2.24) is 15.1 Å². The Hall–Kier alpha value is -2.84. The quantitative estimate of drug-likeness (QED) is 0.654. The van der Waals surface area contributed by atoms with Gasteiger partial charge in [-0.05, 0) is 29.8 Å². The van der Waals surface area contributed by atoms with E-state index in [1.165, 1.54) is 21.3 Å². The predicted octanol–water partition coefficient (Wildman–Crippen LogP) is 2.89. The number of hydrogen-bond donors (Lipinski definition) is 1. The topological polar surface area (TPSA) is 99.7 Å². The zero-order valence-corrected chi connectivity index (χ0v) is 15.0. The number of aliphatic hydroxyl groups excluding tert-OH is 1. The van der Waals surface area contributed by atoms with Gasteiger partial charge in [-0.1, -0.05) is 16.8 Å². The third-order valence-electron chi connectivity index (χ3n) is 3.68. The van der Waals surface area contributed by atoms with Gasteiger partial charge in [0.15, 0.2) is 17.6 Å². The van der Waals surface area contributed by atoms with Gasteiger partial charge in [0.1, 0.15) is 5.15 Å². The maximum atomic E-state index is 10.6. The molecular weight excluding hydrogens is 362 g/mol. The zero-order valence-electron chi connectivity index (χ0n) is 14.3. The van der Waals surface area contributed by atoms with E-state index in [9.17, 15) is 5.11 Å². The molecule has 0 aliphatic heterocycles. The first kappa shape index (κ1) is 18.0. The van der Waals surface area contributed by atoms with Crippen LogP contribution in [0.15, 0.2) is 35.0 Å². The minimum atomic E-state index is -1.19. The van der Waals surface area contributed by atoms with Crippen molar-refractivity contribution < 1.29 is 23.8 Å². The Kier molecular flexibility index (Phi) is 5.24. The summed E-state index contributed by atoms with van der Waals surface area (Å²) in [5.74, 6) is 1.44. The fraction of sp³-hybridized carbons (Fsp3) is 0.235. The van der Waals surface area contributed by atoms with Gasteiger partial charge in [-0.3, -0.25) is 0 Å². The predicted molar refractivity (Wildman–Crippen MR) is 92.7 cm³/mol. The molecule has 0 amide bonds. The maximum Gasteiger partial charge on any atom is 0.260 e. The molecule has 1 unspecified atom stereocenters. The number of hydrogen-bond acceptors (Lipinski definition) is 8. The van der Waals surface area contributed by atoms with Crippen LogP contribution in [0.3, 0.4) is 0 Å². The summed E-state index contributed by atoms with van der Waals surface area (Å²) in [5, 5.41) is 14.7. The van der Waals surface area contributed by atoms with Crippen LogP contribution in [0, 0.1) is 0 Å². The number of rotatable bonds is 6. The van der Waals surface area contributed by atoms with E-state index in [1.54, 1.807) is 30.5 Å². The minimum Gasteiger partial charge on any atom is -0.493 e. The van der Waals surface area contributed by atoms with Gasteiger partial charge in [0.2, 0.25) is 11.6 Å². The highest BCUT2D eigenvalue weighted by molar-refractivity contribution is 6.31. The summed E-state index contributed by atoms with van der Waals surface area (Å²) in [6, 6.07) is 6.61. The van der Waals surface area contributed by atoms with E-state index >= 15 is 0 Å². The second-order valence-electron chi connectivity index (χ2n) is 5.16. The van der Waals surface area contributed by atoms with Crippen LogP contribution in [0.5, 0.6) is 17.2 Å². The molecule has 1 aromatic carbocycles. The summed E-state index contributed by atoms with van der Waals surface area (Å²) in [5.41, 5.74) is 0.938. The molecule has 1 N–H and O–H groups in total. The molecule has 3 rings (SSSR count). The number of halogens is 1. The first-order valence-corrected chi connectivity index (χ1v) is 7.89. The Morgan fingerprint density at radius 3 is 2.38 bits per heavy atom. The standard InChI is InChI=1S/C17H16ClN3O5/c1-23-11-7-9(8-12(24-2)14(11)25-3)13(22)17-20-16(21-26-17)10-5-4-6-19-15(10)18/h4-8,13,22H,1-3H3. The Morgan fingerprint density at radius 1 is 1.12 bits per heavy atom. The van der Waals surface area contributed by atoms with Crippen molar-refractivity contribution in [1.29, 1.82) is 0 Å². The number of pyridine rings is 1. The SMILES string of the molecule is COc1cc(C(O)c2nc(-c3cccnc3Cl)no2)cc(OC)c1OC. The van der Waals surface area contributed by atoms with Gasteiger partial charge in [0, 0.05) is 6.20 Å². The number of aliphatic hydroxyl groups is 1. The van der Waals surface area contributed by atoms with Gasteiger partial charge in [0.25, 0.3) is 5.89 Å². The van der Waals surface area contributed by atoms with Crippen LogP contribution in [0.2, 0.25) is 5.15 Å². The van der Waals surface area contributed by atoms with Gasteiger partial charge in [-0.25, -0.2) is 4.98 Å². The van der Waals surface area contributed by atoms with Crippen LogP contribution in [-0.4, -0.2) is 41.6 Å². The van der Waals surface area contributed by atoms with E-state index in [0.29, 0.717) is 28.4 Å². The van der Waals surface area contributed by atoms with E-state index < -0.39 is 6.10 Å². The lowest BCUT2D eigenvalue weighted by atomic mass is 10.1. The molecule has 2 aromatic heterocycles. The second-order valence-corrected chi connectivity index (χ2v) is 5.52. The molecule has 3 aromatic rings. The molecule has 136 valence electrons. The lowest BCUT2D eigenvalue weighted by Crippen LogP contribution is -2.03. The molecule has 0 saturated heterocycles. The minimum absolute atomic E-state index is 0.00538. The zero-order chi connectivity index (χ0) is 18.7. The normalized spacial score (nSPS) is 11.9. The first-order valence-electron chi connectivity index (χ1n) is 7.51. The number of methoxy groups -OCH3 is 3. The van der Waals surface area contributed by atoms with Gasteiger partial charge in [-0.2, -0.15) is 4.98 Å². The van der Waals surface area contributed by atoms with Crippen LogP contribution in [0.25, 0.3) is 11.4 Å². The lowest BCUT2D eigenvalue weighted by molar-refractivity contribution is 0.169. The van der Waals surface area contributed by atoms with Crippen LogP contribution >= 0.6 is 11.6 Å². The molecule has 0 fully saturated rings. The molecule has 8 nitrogen and oxygen atoms in total. The van der Waals surface area contributed by atoms with Crippen LogP contribution in [0.4, 0.5) is 0 Å². The van der Waals surface area contributed by atoms with E-state index in [1.807, 2.05) is 0 Å². The summed E-state index contributed by atoms with van der Waals surface area (Å²) < 4.78 is 21.0. The Labute approximate surface area is 154 Å². The average molecular weight is 378 g/mol. The highest BCUT2D eigenvalue weighted by atomic mass is 35.5. The van der Waals surface area contributed by atoms with Crippen molar-refractivity contribution >= 4 is 11.6 Å². The van der Waals surface area contributed by atoms with Crippen molar-refractivity contribution in [2.45, 2.75) is 6.10 Å². The summed E-state index contributed by atoms with van der Waals surface area (Å²) in [6.45, 7) is 0. The lowest BCUT2D eigenvalue weighted by Gasteiger charge is -2.15. The summed E-state index contributed by atoms with van der Waals surface area (Å²) in [4.78, 5) is 8.17. The first-order chi connectivity index (χ1) is 12.6. The summed E-state index contributed by atoms with van der Waals surface area (Å²) >= 11 is 6.03. The van der Waals surface area contributed by atoms with E-state index in [4.69, 9.17) is 30.3 Å². The fourth-order valence-electron chi connectivity index (χ4n) is 2.41. The monoisotopic (exact) mass is 377 g/mol. The molecule has 0 radical (unpaired) electrons. The Bertz CT molecular complexity index is 890. The number of nitrogens with zero attached hydrogens (tertiary/aromatic N) is 3. The maximum absolute atomic E-state index is 10.6. The molecular formula is C17H16ClN3O5. The molecule has 1 atom stereocenters. The Balaban J connectivity index is 1.98. The third kappa shape index (κ3) is 3.29. The fourth-order valence-corrected chi connectivity index (χ4v) is 2.61. The summed E-state index contributed by atoms with van der Waals surface area (Å²) in [6.07, 6.45) is 0.359. The summed E-state index contributed by atoms with van der Waals surface area (Å²) in [7, 11) is 4.48. The third-order valence-corrected chi connectivity index (χ3v) is 3.98. The largest absolute Gasteiger partial charge is 0.493 e. The number of benzene rings is 1. The van der Waals surface area contributed by atoms with Crippen molar-refractivity contribution in [3.05, 3.63) is 47.1 Å². The molecule has 9 heteroatoms. The molecule has 2 heterocycles. The van der Waals surface area contributed by atoms with Crippen molar-refractivity contribution in [3.63, 3.8) is 0 Å². The molecule has 0 aliphatic carbocycles. The molecule has 0 saturated carbocycles. The Morgan fingerprint density at radius 2 is 1.81 bits per heavy atom. The number of ether oxygens (including phenoxy) is 3. The van der Waals surface area contributed by atoms with Gasteiger partial charge in [0.05, 0.1) is 26.9 Å². The van der Waals surface area contributed by atoms with Crippen molar-refractivity contribution in [2.24, 2.45) is 0 Å². The molecule has 0 bridgehead atoms. The van der Waals surface area contributed by atoms with Crippen LogP contribution in [0.1, 0.15) is 17.6 Å². The van der Waals surface area contributed by atoms with Gasteiger partial charge in [-0.15, -0.1) is 0 Å². The smallest absolute Gasteiger partial charge is 0.260 e. The molecule has 0 spiro atoms. The molecule has 0 aliphatic rings. The van der Waals surface area contributed by atoms with Crippen LogP contribution < -0.4 is 14.2 Å². The molecule has 26 heavy (non-hydrogen) atoms. The van der Waals surface area contributed by atoms with Crippen molar-refractivity contribution in [3.8, 4) is 28.6 Å². The van der Waals surface area contributed by atoms with Crippen molar-refractivity contribution in [2.75, 3.05) is 21.3 Å². The average Bonchev–Trinajstić information content (AvgIpc) is 3.16. The number of aromatic nitrogens is 3. The second kappa shape index (κ2) is 7.59. The van der Waals surface area contributed by atoms with E-state index in [0.717, 1.165) is 0 Å². The van der Waals surface area contributed by atoms with Gasteiger partial charge < -0.3 is 23.8 Å². The highest BCUT2D eigenvalue weighted by Crippen LogP contribution is 2.40. The van der Waals surface area contributed by atoms with E-state index in [2.05, 4.69) is 15.1 Å².